The minimum Gasteiger partial charge on any atom is -0.493 e. The SMILES string of the molecule is CCCCC(CC)COc1cc(CCl)c(-c2ccc(N(c3ccccc3)c3ccccc3)cc2)cc1CCl. The Hall–Kier alpha value is -2.94. The van der Waals surface area contributed by atoms with Crippen LogP contribution in [0.25, 0.3) is 11.1 Å². The first kappa shape index (κ1) is 28.1. The third kappa shape index (κ3) is 6.92. The number of para-hydroxylation sites is 2. The van der Waals surface area contributed by atoms with Gasteiger partial charge in [-0.2, -0.15) is 0 Å². The third-order valence-corrected chi connectivity index (χ3v) is 7.63. The number of alkyl halides is 2. The molecule has 0 N–H and O–H groups in total. The van der Waals surface area contributed by atoms with Crippen LogP contribution in [0, 0.1) is 5.92 Å². The summed E-state index contributed by atoms with van der Waals surface area (Å²) in [5.41, 5.74) is 7.57. The van der Waals surface area contributed by atoms with Crippen molar-refractivity contribution in [2.24, 2.45) is 5.92 Å². The molecule has 2 nitrogen and oxygen atoms in total. The van der Waals surface area contributed by atoms with Gasteiger partial charge in [-0.1, -0.05) is 81.6 Å². The molecule has 4 heteroatoms. The molecule has 0 aliphatic heterocycles. The van der Waals surface area contributed by atoms with Crippen LogP contribution < -0.4 is 9.64 Å². The molecule has 0 radical (unpaired) electrons. The molecule has 4 rings (SSSR count). The number of rotatable bonds is 13. The molecule has 0 fully saturated rings. The number of halogens is 2. The summed E-state index contributed by atoms with van der Waals surface area (Å²) in [5.74, 6) is 2.21. The molecule has 4 aromatic carbocycles. The first-order valence-corrected chi connectivity index (χ1v) is 14.7. The molecule has 0 aliphatic carbocycles. The number of nitrogens with zero attached hydrogens (tertiary/aromatic N) is 1. The van der Waals surface area contributed by atoms with Gasteiger partial charge in [-0.3, -0.25) is 0 Å². The Morgan fingerprint density at radius 3 is 1.82 bits per heavy atom. The highest BCUT2D eigenvalue weighted by Gasteiger charge is 2.16. The molecule has 0 saturated heterocycles. The van der Waals surface area contributed by atoms with Crippen LogP contribution in [-0.2, 0) is 11.8 Å². The fourth-order valence-electron chi connectivity index (χ4n) is 4.78. The van der Waals surface area contributed by atoms with E-state index in [1.165, 1.54) is 19.3 Å². The van der Waals surface area contributed by atoms with Crippen LogP contribution in [0.1, 0.15) is 50.7 Å². The molecular formula is C34H37Cl2NO. The predicted molar refractivity (Wildman–Crippen MR) is 164 cm³/mol. The average molecular weight is 547 g/mol. The molecule has 0 spiro atoms. The highest BCUT2D eigenvalue weighted by Crippen LogP contribution is 2.37. The van der Waals surface area contributed by atoms with E-state index < -0.39 is 0 Å². The first-order chi connectivity index (χ1) is 18.7. The van der Waals surface area contributed by atoms with Crippen LogP contribution in [-0.4, -0.2) is 6.61 Å². The van der Waals surface area contributed by atoms with E-state index in [9.17, 15) is 0 Å². The fraction of sp³-hybridized carbons (Fsp3) is 0.294. The van der Waals surface area contributed by atoms with Crippen molar-refractivity contribution in [2.75, 3.05) is 11.5 Å². The lowest BCUT2D eigenvalue weighted by atomic mass is 9.97. The molecule has 1 unspecified atom stereocenters. The summed E-state index contributed by atoms with van der Waals surface area (Å²) < 4.78 is 6.31. The monoisotopic (exact) mass is 545 g/mol. The quantitative estimate of drug-likeness (QED) is 0.155. The summed E-state index contributed by atoms with van der Waals surface area (Å²) in [4.78, 5) is 2.26. The number of benzene rings is 4. The van der Waals surface area contributed by atoms with E-state index >= 15 is 0 Å². The lowest BCUT2D eigenvalue weighted by Crippen LogP contribution is -2.12. The summed E-state index contributed by atoms with van der Waals surface area (Å²) >= 11 is 12.9. The zero-order chi connectivity index (χ0) is 26.7. The number of anilines is 3. The first-order valence-electron chi connectivity index (χ1n) is 13.6. The van der Waals surface area contributed by atoms with E-state index in [2.05, 4.69) is 104 Å². The van der Waals surface area contributed by atoms with Gasteiger partial charge < -0.3 is 9.64 Å². The Balaban J connectivity index is 1.63. The molecule has 0 heterocycles. The van der Waals surface area contributed by atoms with E-state index in [-0.39, 0.29) is 0 Å². The highest BCUT2D eigenvalue weighted by atomic mass is 35.5. The Bertz CT molecular complexity index is 1220. The van der Waals surface area contributed by atoms with E-state index in [4.69, 9.17) is 27.9 Å². The summed E-state index contributed by atoms with van der Waals surface area (Å²) in [7, 11) is 0. The van der Waals surface area contributed by atoms with Crippen LogP contribution >= 0.6 is 23.2 Å². The summed E-state index contributed by atoms with van der Waals surface area (Å²) in [6.45, 7) is 5.18. The number of hydrogen-bond acceptors (Lipinski definition) is 2. The zero-order valence-corrected chi connectivity index (χ0v) is 23.9. The van der Waals surface area contributed by atoms with Gasteiger partial charge in [0.1, 0.15) is 5.75 Å². The molecule has 38 heavy (non-hydrogen) atoms. The normalized spacial score (nSPS) is 11.8. The van der Waals surface area contributed by atoms with Gasteiger partial charge >= 0.3 is 0 Å². The molecule has 0 aromatic heterocycles. The Labute approximate surface area is 238 Å². The largest absolute Gasteiger partial charge is 0.493 e. The fourth-order valence-corrected chi connectivity index (χ4v) is 5.21. The zero-order valence-electron chi connectivity index (χ0n) is 22.4. The minimum absolute atomic E-state index is 0.393. The summed E-state index contributed by atoms with van der Waals surface area (Å²) in [6.07, 6.45) is 4.75. The maximum Gasteiger partial charge on any atom is 0.124 e. The predicted octanol–water partition coefficient (Wildman–Crippen LogP) is 10.9. The van der Waals surface area contributed by atoms with Crippen LogP contribution in [0.2, 0.25) is 0 Å². The second kappa shape index (κ2) is 14.3. The molecule has 0 bridgehead atoms. The van der Waals surface area contributed by atoms with Crippen molar-refractivity contribution in [1.29, 1.82) is 0 Å². The van der Waals surface area contributed by atoms with Crippen LogP contribution in [0.3, 0.4) is 0 Å². The number of ether oxygens (including phenoxy) is 1. The minimum atomic E-state index is 0.393. The average Bonchev–Trinajstić information content (AvgIpc) is 2.98. The van der Waals surface area contributed by atoms with Crippen molar-refractivity contribution < 1.29 is 4.74 Å². The molecule has 0 saturated carbocycles. The summed E-state index contributed by atoms with van der Waals surface area (Å²) in [6, 6.07) is 33.7. The Morgan fingerprint density at radius 1 is 0.711 bits per heavy atom. The van der Waals surface area contributed by atoms with E-state index in [0.717, 1.165) is 51.5 Å². The van der Waals surface area contributed by atoms with E-state index in [1.807, 2.05) is 12.1 Å². The van der Waals surface area contributed by atoms with Crippen molar-refractivity contribution in [1.82, 2.24) is 0 Å². The van der Waals surface area contributed by atoms with Crippen molar-refractivity contribution in [3.63, 3.8) is 0 Å². The van der Waals surface area contributed by atoms with Gasteiger partial charge in [-0.05, 0) is 77.6 Å². The van der Waals surface area contributed by atoms with Crippen molar-refractivity contribution in [3.05, 3.63) is 108 Å². The standard InChI is InChI=1S/C34H37Cl2NO/c1-3-5-12-26(4-2)25-38-34-22-28(23-35)33(21-29(34)24-36)27-17-19-32(20-18-27)37(30-13-8-6-9-14-30)31-15-10-7-11-16-31/h6-11,13-22,26H,3-5,12,23-25H2,1-2H3. The van der Waals surface area contributed by atoms with Gasteiger partial charge in [0.15, 0.2) is 0 Å². The molecule has 1 atom stereocenters. The van der Waals surface area contributed by atoms with Gasteiger partial charge in [0.2, 0.25) is 0 Å². The van der Waals surface area contributed by atoms with Crippen molar-refractivity contribution >= 4 is 40.3 Å². The smallest absolute Gasteiger partial charge is 0.124 e. The third-order valence-electron chi connectivity index (χ3n) is 7.06. The number of unbranched alkanes of at least 4 members (excludes halogenated alkanes) is 1. The van der Waals surface area contributed by atoms with Gasteiger partial charge in [0.25, 0.3) is 0 Å². The van der Waals surface area contributed by atoms with Crippen LogP contribution in [0.4, 0.5) is 17.1 Å². The topological polar surface area (TPSA) is 12.5 Å². The molecular weight excluding hydrogens is 509 g/mol. The lowest BCUT2D eigenvalue weighted by Gasteiger charge is -2.25. The van der Waals surface area contributed by atoms with Gasteiger partial charge in [0.05, 0.1) is 12.5 Å². The summed E-state index contributed by atoms with van der Waals surface area (Å²) in [5, 5.41) is 0. The second-order valence-electron chi connectivity index (χ2n) is 9.67. The van der Waals surface area contributed by atoms with Crippen LogP contribution in [0.5, 0.6) is 5.75 Å². The Kier molecular flexibility index (Phi) is 10.6. The van der Waals surface area contributed by atoms with Gasteiger partial charge in [-0.25, -0.2) is 0 Å². The number of hydrogen-bond donors (Lipinski definition) is 0. The van der Waals surface area contributed by atoms with E-state index in [0.29, 0.717) is 24.3 Å². The van der Waals surface area contributed by atoms with Gasteiger partial charge in [-0.15, -0.1) is 23.2 Å². The van der Waals surface area contributed by atoms with E-state index in [1.54, 1.807) is 0 Å². The van der Waals surface area contributed by atoms with Crippen molar-refractivity contribution in [3.8, 4) is 16.9 Å². The lowest BCUT2D eigenvalue weighted by molar-refractivity contribution is 0.232. The van der Waals surface area contributed by atoms with Crippen molar-refractivity contribution in [2.45, 2.75) is 51.3 Å². The maximum atomic E-state index is 6.45. The Morgan fingerprint density at radius 2 is 1.29 bits per heavy atom. The molecule has 4 aromatic rings. The molecule has 0 aliphatic rings. The second-order valence-corrected chi connectivity index (χ2v) is 10.2. The van der Waals surface area contributed by atoms with Crippen LogP contribution in [0.15, 0.2) is 97.1 Å². The molecule has 0 amide bonds. The molecule has 198 valence electrons. The van der Waals surface area contributed by atoms with Gasteiger partial charge in [0, 0.05) is 28.5 Å². The maximum absolute atomic E-state index is 6.45. The highest BCUT2D eigenvalue weighted by molar-refractivity contribution is 6.18.